The van der Waals surface area contributed by atoms with Crippen LogP contribution in [0.25, 0.3) is 32.5 Å². The molecule has 1 N–H and O–H groups in total. The van der Waals surface area contributed by atoms with E-state index in [-0.39, 0.29) is 5.91 Å². The SMILES string of the molecule is CSc1ccc(C(=O)Nc2nc3c(s2)-c2cccc4cccc-3c24)cc1. The topological polar surface area (TPSA) is 42.0 Å². The molecule has 1 heterocycles. The number of nitrogens with zero attached hydrogens (tertiary/aromatic N) is 1. The first-order valence-corrected chi connectivity index (χ1v) is 10.3. The summed E-state index contributed by atoms with van der Waals surface area (Å²) in [6.07, 6.45) is 2.02. The van der Waals surface area contributed by atoms with Crippen molar-refractivity contribution in [2.75, 3.05) is 11.6 Å². The number of thiazole rings is 1. The summed E-state index contributed by atoms with van der Waals surface area (Å²) < 4.78 is 0. The largest absolute Gasteiger partial charge is 0.298 e. The van der Waals surface area contributed by atoms with Crippen LogP contribution in [-0.2, 0) is 0 Å². The quantitative estimate of drug-likeness (QED) is 0.399. The Balaban J connectivity index is 1.49. The molecule has 1 aliphatic rings. The van der Waals surface area contributed by atoms with Gasteiger partial charge in [-0.1, -0.05) is 47.7 Å². The number of nitrogens with one attached hydrogen (secondary N) is 1. The number of amides is 1. The van der Waals surface area contributed by atoms with E-state index in [1.54, 1.807) is 11.8 Å². The van der Waals surface area contributed by atoms with Crippen LogP contribution in [0.5, 0.6) is 0 Å². The van der Waals surface area contributed by atoms with E-state index in [1.807, 2.05) is 30.5 Å². The Kier molecular flexibility index (Phi) is 3.58. The lowest BCUT2D eigenvalue weighted by Gasteiger charge is -2.04. The molecule has 4 aromatic rings. The van der Waals surface area contributed by atoms with Crippen LogP contribution in [0.15, 0.2) is 65.6 Å². The van der Waals surface area contributed by atoms with Gasteiger partial charge in [-0.3, -0.25) is 10.1 Å². The highest BCUT2D eigenvalue weighted by molar-refractivity contribution is 7.98. The average Bonchev–Trinajstić information content (AvgIpc) is 3.22. The summed E-state index contributed by atoms with van der Waals surface area (Å²) in [7, 11) is 0. The first kappa shape index (κ1) is 15.6. The van der Waals surface area contributed by atoms with Crippen LogP contribution in [0.1, 0.15) is 10.4 Å². The first-order chi connectivity index (χ1) is 12.7. The van der Waals surface area contributed by atoms with Crippen molar-refractivity contribution < 1.29 is 4.79 Å². The van der Waals surface area contributed by atoms with Crippen molar-refractivity contribution in [3.8, 4) is 21.7 Å². The average molecular weight is 374 g/mol. The van der Waals surface area contributed by atoms with Gasteiger partial charge in [0.15, 0.2) is 5.13 Å². The monoisotopic (exact) mass is 374 g/mol. The zero-order valence-electron chi connectivity index (χ0n) is 13.9. The third-order valence-electron chi connectivity index (χ3n) is 4.60. The first-order valence-electron chi connectivity index (χ1n) is 8.23. The molecule has 3 aromatic carbocycles. The van der Waals surface area contributed by atoms with Crippen LogP contribution in [-0.4, -0.2) is 17.1 Å². The maximum atomic E-state index is 12.5. The molecular formula is C21H14N2OS2. The molecule has 0 saturated heterocycles. The summed E-state index contributed by atoms with van der Waals surface area (Å²) in [5.74, 6) is -0.128. The Hall–Kier alpha value is -2.63. The van der Waals surface area contributed by atoms with E-state index in [0.717, 1.165) is 21.0 Å². The number of fused-ring (bicyclic) bond motifs is 3. The summed E-state index contributed by atoms with van der Waals surface area (Å²) >= 11 is 3.19. The molecule has 1 aliphatic carbocycles. The molecule has 26 heavy (non-hydrogen) atoms. The number of carbonyl (C=O) groups excluding carboxylic acids is 1. The Morgan fingerprint density at radius 1 is 1.00 bits per heavy atom. The molecule has 3 nitrogen and oxygen atoms in total. The number of benzene rings is 3. The highest BCUT2D eigenvalue weighted by Gasteiger charge is 2.26. The number of carbonyl (C=O) groups is 1. The molecule has 1 amide bonds. The van der Waals surface area contributed by atoms with Gasteiger partial charge in [0.25, 0.3) is 5.91 Å². The third kappa shape index (κ3) is 2.35. The second kappa shape index (κ2) is 5.97. The van der Waals surface area contributed by atoms with Crippen LogP contribution < -0.4 is 5.32 Å². The number of hydrogen-bond donors (Lipinski definition) is 1. The van der Waals surface area contributed by atoms with E-state index in [0.29, 0.717) is 10.7 Å². The Morgan fingerprint density at radius 3 is 2.46 bits per heavy atom. The normalized spacial score (nSPS) is 11.6. The number of hydrogen-bond acceptors (Lipinski definition) is 4. The molecule has 0 fully saturated rings. The summed E-state index contributed by atoms with van der Waals surface area (Å²) in [5.41, 5.74) is 3.96. The zero-order chi connectivity index (χ0) is 17.7. The van der Waals surface area contributed by atoms with Gasteiger partial charge in [0.05, 0.1) is 10.6 Å². The van der Waals surface area contributed by atoms with Crippen LogP contribution in [0, 0.1) is 0 Å². The standard InChI is InChI=1S/C21H14N2OS2/c1-25-14-10-8-13(9-11-14)20(24)23-21-22-18-15-6-2-4-12-5-3-7-16(17(12)15)19(18)26-21/h2-11H,1H3,(H,22,23,24). The Morgan fingerprint density at radius 2 is 1.73 bits per heavy atom. The molecule has 126 valence electrons. The van der Waals surface area contributed by atoms with Crippen LogP contribution in [0.2, 0.25) is 0 Å². The highest BCUT2D eigenvalue weighted by atomic mass is 32.2. The van der Waals surface area contributed by atoms with Crippen molar-refractivity contribution >= 4 is 44.9 Å². The summed E-state index contributed by atoms with van der Waals surface area (Å²) in [5, 5.41) is 6.07. The zero-order valence-corrected chi connectivity index (χ0v) is 15.6. The third-order valence-corrected chi connectivity index (χ3v) is 6.35. The fourth-order valence-electron chi connectivity index (χ4n) is 3.38. The summed E-state index contributed by atoms with van der Waals surface area (Å²) in [4.78, 5) is 19.5. The molecule has 0 radical (unpaired) electrons. The predicted octanol–water partition coefficient (Wildman–Crippen LogP) is 5.92. The second-order valence-corrected chi connectivity index (χ2v) is 7.97. The molecule has 0 saturated carbocycles. The molecular weight excluding hydrogens is 360 g/mol. The highest BCUT2D eigenvalue weighted by Crippen LogP contribution is 2.50. The van der Waals surface area contributed by atoms with Crippen LogP contribution in [0.3, 0.4) is 0 Å². The van der Waals surface area contributed by atoms with E-state index in [2.05, 4.69) is 41.7 Å². The van der Waals surface area contributed by atoms with Gasteiger partial charge in [-0.05, 0) is 41.3 Å². The minimum atomic E-state index is -0.128. The predicted molar refractivity (Wildman–Crippen MR) is 110 cm³/mol. The van der Waals surface area contributed by atoms with Gasteiger partial charge >= 0.3 is 0 Å². The van der Waals surface area contributed by atoms with E-state index in [9.17, 15) is 4.79 Å². The lowest BCUT2D eigenvalue weighted by atomic mass is 10.0. The smallest absolute Gasteiger partial charge is 0.257 e. The fourth-order valence-corrected chi connectivity index (χ4v) is 4.79. The van der Waals surface area contributed by atoms with Gasteiger partial charge in [-0.2, -0.15) is 0 Å². The lowest BCUT2D eigenvalue weighted by Crippen LogP contribution is -2.11. The molecule has 0 aliphatic heterocycles. The van der Waals surface area contributed by atoms with Crippen LogP contribution >= 0.6 is 23.1 Å². The van der Waals surface area contributed by atoms with Gasteiger partial charge in [0, 0.05) is 21.6 Å². The second-order valence-electron chi connectivity index (χ2n) is 6.09. The van der Waals surface area contributed by atoms with Crippen molar-refractivity contribution in [3.63, 3.8) is 0 Å². The molecule has 1 aromatic heterocycles. The van der Waals surface area contributed by atoms with Gasteiger partial charge in [-0.15, -0.1) is 11.8 Å². The summed E-state index contributed by atoms with van der Waals surface area (Å²) in [6, 6.07) is 20.2. The molecule has 0 atom stereocenters. The van der Waals surface area contributed by atoms with Crippen molar-refractivity contribution in [1.82, 2.24) is 4.98 Å². The maximum Gasteiger partial charge on any atom is 0.257 e. The maximum absolute atomic E-state index is 12.5. The molecule has 0 unspecified atom stereocenters. The number of aromatic nitrogens is 1. The molecule has 0 bridgehead atoms. The van der Waals surface area contributed by atoms with Crippen molar-refractivity contribution in [2.45, 2.75) is 4.90 Å². The molecule has 5 heteroatoms. The van der Waals surface area contributed by atoms with E-state index >= 15 is 0 Å². The minimum absolute atomic E-state index is 0.128. The Bertz CT molecular complexity index is 1110. The molecule has 5 rings (SSSR count). The van der Waals surface area contributed by atoms with Crippen molar-refractivity contribution in [2.24, 2.45) is 0 Å². The number of rotatable bonds is 3. The van der Waals surface area contributed by atoms with E-state index < -0.39 is 0 Å². The van der Waals surface area contributed by atoms with E-state index in [4.69, 9.17) is 4.98 Å². The van der Waals surface area contributed by atoms with Gasteiger partial charge in [0.2, 0.25) is 0 Å². The minimum Gasteiger partial charge on any atom is -0.298 e. The number of thioether (sulfide) groups is 1. The molecule has 0 spiro atoms. The van der Waals surface area contributed by atoms with Gasteiger partial charge in [0.1, 0.15) is 0 Å². The number of anilines is 1. The van der Waals surface area contributed by atoms with Crippen molar-refractivity contribution in [1.29, 1.82) is 0 Å². The van der Waals surface area contributed by atoms with Crippen LogP contribution in [0.4, 0.5) is 5.13 Å². The van der Waals surface area contributed by atoms with Gasteiger partial charge < -0.3 is 0 Å². The lowest BCUT2D eigenvalue weighted by molar-refractivity contribution is 0.102. The Labute approximate surface area is 159 Å². The van der Waals surface area contributed by atoms with Crippen molar-refractivity contribution in [3.05, 3.63) is 66.2 Å². The van der Waals surface area contributed by atoms with Gasteiger partial charge in [-0.25, -0.2) is 4.98 Å². The fraction of sp³-hybridized carbons (Fsp3) is 0.0476. The summed E-state index contributed by atoms with van der Waals surface area (Å²) in [6.45, 7) is 0. The van der Waals surface area contributed by atoms with E-state index in [1.165, 1.54) is 27.7 Å².